The van der Waals surface area contributed by atoms with Gasteiger partial charge in [-0.05, 0) is 32.1 Å². The van der Waals surface area contributed by atoms with Crippen molar-refractivity contribution in [2.75, 3.05) is 38.5 Å². The van der Waals surface area contributed by atoms with Gasteiger partial charge in [-0.3, -0.25) is 18.8 Å². The fourth-order valence-corrected chi connectivity index (χ4v) is 4.96. The summed E-state index contributed by atoms with van der Waals surface area (Å²) in [6.45, 7) is 3.41. The summed E-state index contributed by atoms with van der Waals surface area (Å²) in [7, 11) is -4.29. The molecule has 0 aromatic rings. The van der Waals surface area contributed by atoms with Crippen LogP contribution < -0.4 is 0 Å². The van der Waals surface area contributed by atoms with Gasteiger partial charge >= 0.3 is 5.84 Å². The van der Waals surface area contributed by atoms with Crippen molar-refractivity contribution in [2.45, 2.75) is 96.5 Å². The van der Waals surface area contributed by atoms with Gasteiger partial charge in [0, 0.05) is 6.42 Å². The molecule has 3 N–H and O–H groups in total. The number of amidine groups is 1. The van der Waals surface area contributed by atoms with Crippen LogP contribution >= 0.6 is 0 Å². The largest absolute Gasteiger partial charge is 0.392 e. The molecule has 1 aliphatic heterocycles. The summed E-state index contributed by atoms with van der Waals surface area (Å²) in [6.07, 6.45) is 17.8. The van der Waals surface area contributed by atoms with Crippen LogP contribution in [0.25, 0.3) is 0 Å². The van der Waals surface area contributed by atoms with Crippen molar-refractivity contribution in [3.8, 4) is 0 Å². The lowest BCUT2D eigenvalue weighted by Gasteiger charge is -2.13. The highest BCUT2D eigenvalue weighted by molar-refractivity contribution is 7.85. The molecule has 0 bridgehead atoms. The summed E-state index contributed by atoms with van der Waals surface area (Å²) in [5, 5.41) is 19.3. The van der Waals surface area contributed by atoms with Gasteiger partial charge in [-0.25, -0.2) is 0 Å². The molecule has 0 aromatic heterocycles. The maximum Gasteiger partial charge on any atom is 0.316 e. The Morgan fingerprint density at radius 1 is 1.03 bits per heavy atom. The molecule has 1 rings (SSSR count). The molecule has 0 aromatic carbocycles. The van der Waals surface area contributed by atoms with Crippen LogP contribution in [0.3, 0.4) is 0 Å². The fraction of sp³-hybridized carbons (Fsp3) is 0.840. The molecule has 0 fully saturated rings. The van der Waals surface area contributed by atoms with E-state index in [1.54, 1.807) is 9.48 Å². The Balaban J connectivity index is 2.32. The Morgan fingerprint density at radius 3 is 2.21 bits per heavy atom. The molecule has 0 saturated carbocycles. The number of nitrogens with zero attached hydrogens (tertiary/aromatic N) is 2. The van der Waals surface area contributed by atoms with E-state index in [0.29, 0.717) is 31.9 Å². The van der Waals surface area contributed by atoms with Gasteiger partial charge in [-0.2, -0.15) is 8.42 Å². The number of carbonyl (C=O) groups is 1. The lowest BCUT2D eigenvalue weighted by molar-refractivity contribution is -0.525. The second-order valence-electron chi connectivity index (χ2n) is 9.29. The molecule has 9 heteroatoms. The Kier molecular flexibility index (Phi) is 16.3. The Hall–Kier alpha value is -1.29. The number of aliphatic hydroxyl groups excluding tert-OH is 2. The van der Waals surface area contributed by atoms with E-state index in [1.165, 1.54) is 44.9 Å². The monoisotopic (exact) mass is 503 g/mol. The van der Waals surface area contributed by atoms with Gasteiger partial charge < -0.3 is 10.2 Å². The second kappa shape index (κ2) is 18.0. The van der Waals surface area contributed by atoms with Crippen molar-refractivity contribution in [3.63, 3.8) is 0 Å². The first-order valence-corrected chi connectivity index (χ1v) is 14.7. The van der Waals surface area contributed by atoms with Crippen LogP contribution in [-0.4, -0.2) is 88.9 Å². The van der Waals surface area contributed by atoms with Crippen LogP contribution in [0.1, 0.15) is 90.4 Å². The first-order chi connectivity index (χ1) is 16.3. The number of allylic oxidation sites excluding steroid dienone is 2. The standard InChI is InChI=1S/C25H46N2O6S/c1-2-3-4-5-6-7-8-9-10-11-12-13-14-15-16-24(30)25-26(19-20-28)17-18-27(25)21-23(29)22-34(31,32)33/h9-10,23,28-29H,2-8,11-22H2,1H3/p+1/b10-9+. The molecule has 1 heterocycles. The predicted octanol–water partition coefficient (Wildman–Crippen LogP) is 3.17. The molecular weight excluding hydrogens is 456 g/mol. The minimum Gasteiger partial charge on any atom is -0.392 e. The average Bonchev–Trinajstić information content (AvgIpc) is 3.14. The quantitative estimate of drug-likeness (QED) is 0.0953. The lowest BCUT2D eigenvalue weighted by atomic mass is 10.1. The van der Waals surface area contributed by atoms with Gasteiger partial charge in [0.2, 0.25) is 5.78 Å². The zero-order chi connectivity index (χ0) is 25.2. The van der Waals surface area contributed by atoms with Gasteiger partial charge in [0.1, 0.15) is 38.0 Å². The number of Topliss-reactive ketones (excluding diaryl/α,β-unsaturated/α-hetero) is 1. The number of unbranched alkanes of at least 4 members (excludes halogenated alkanes) is 10. The molecule has 0 radical (unpaired) electrons. The Labute approximate surface area is 206 Å². The molecular formula is C25H47N2O6S+. The van der Waals surface area contributed by atoms with E-state index in [2.05, 4.69) is 19.1 Å². The van der Waals surface area contributed by atoms with Crippen molar-refractivity contribution >= 4 is 21.7 Å². The van der Waals surface area contributed by atoms with E-state index in [-0.39, 0.29) is 18.9 Å². The van der Waals surface area contributed by atoms with Gasteiger partial charge in [0.15, 0.2) is 0 Å². The third kappa shape index (κ3) is 14.2. The van der Waals surface area contributed by atoms with Crippen molar-refractivity contribution in [3.05, 3.63) is 12.2 Å². The number of rotatable bonds is 21. The van der Waals surface area contributed by atoms with Crippen molar-refractivity contribution in [1.29, 1.82) is 0 Å². The van der Waals surface area contributed by atoms with E-state index in [4.69, 9.17) is 4.55 Å². The van der Waals surface area contributed by atoms with E-state index in [9.17, 15) is 23.4 Å². The highest BCUT2D eigenvalue weighted by Gasteiger charge is 2.36. The van der Waals surface area contributed by atoms with Gasteiger partial charge in [0.25, 0.3) is 10.1 Å². The first kappa shape index (κ1) is 30.7. The van der Waals surface area contributed by atoms with Gasteiger partial charge in [-0.1, -0.05) is 64.0 Å². The second-order valence-corrected chi connectivity index (χ2v) is 10.8. The SMILES string of the molecule is CCCCCCCC/C=C/CCCCCCC(=O)C1=[N+](CC(O)CS(=O)(=O)O)CCN1CCO. The zero-order valence-corrected chi connectivity index (χ0v) is 21.9. The molecule has 1 aliphatic rings. The smallest absolute Gasteiger partial charge is 0.316 e. The highest BCUT2D eigenvalue weighted by Crippen LogP contribution is 2.12. The van der Waals surface area contributed by atoms with E-state index in [0.717, 1.165) is 32.1 Å². The topological polar surface area (TPSA) is 118 Å². The summed E-state index contributed by atoms with van der Waals surface area (Å²) in [5.74, 6) is -0.386. The normalized spacial score (nSPS) is 15.6. The van der Waals surface area contributed by atoms with Crippen molar-refractivity contribution in [2.24, 2.45) is 0 Å². The zero-order valence-electron chi connectivity index (χ0n) is 21.0. The maximum atomic E-state index is 12.9. The summed E-state index contributed by atoms with van der Waals surface area (Å²) < 4.78 is 32.6. The number of hydrogen-bond acceptors (Lipinski definition) is 6. The van der Waals surface area contributed by atoms with E-state index < -0.39 is 22.0 Å². The van der Waals surface area contributed by atoms with Crippen molar-refractivity contribution < 1.29 is 32.6 Å². The average molecular weight is 504 g/mol. The number of ketones is 1. The first-order valence-electron chi connectivity index (χ1n) is 13.1. The number of aliphatic hydroxyl groups is 2. The minimum absolute atomic E-state index is 0.0478. The summed E-state index contributed by atoms with van der Waals surface area (Å²) in [4.78, 5) is 14.7. The number of carbonyl (C=O) groups excluding carboxylic acids is 1. The molecule has 1 unspecified atom stereocenters. The summed E-state index contributed by atoms with van der Waals surface area (Å²) >= 11 is 0. The molecule has 0 spiro atoms. The fourth-order valence-electron chi connectivity index (χ4n) is 4.36. The van der Waals surface area contributed by atoms with Crippen LogP contribution in [0, 0.1) is 0 Å². The number of β-amino-alcohol motifs (C(OH)–C–C–N with tert-alkyl or cyclic N) is 2. The molecule has 0 aliphatic carbocycles. The van der Waals surface area contributed by atoms with Gasteiger partial charge in [-0.15, -0.1) is 0 Å². The highest BCUT2D eigenvalue weighted by atomic mass is 32.2. The molecule has 198 valence electrons. The van der Waals surface area contributed by atoms with E-state index >= 15 is 0 Å². The molecule has 8 nitrogen and oxygen atoms in total. The van der Waals surface area contributed by atoms with E-state index in [1.807, 2.05) is 0 Å². The molecule has 1 atom stereocenters. The van der Waals surface area contributed by atoms with Crippen LogP contribution in [0.2, 0.25) is 0 Å². The minimum atomic E-state index is -4.29. The molecule has 34 heavy (non-hydrogen) atoms. The number of hydrogen-bond donors (Lipinski definition) is 3. The molecule has 0 saturated heterocycles. The van der Waals surface area contributed by atoms with Crippen LogP contribution in [0.15, 0.2) is 12.2 Å². The summed E-state index contributed by atoms with van der Waals surface area (Å²) in [5.41, 5.74) is 0. The van der Waals surface area contributed by atoms with Gasteiger partial charge in [0.05, 0.1) is 6.61 Å². The Morgan fingerprint density at radius 2 is 1.62 bits per heavy atom. The third-order valence-corrected chi connectivity index (χ3v) is 6.91. The van der Waals surface area contributed by atoms with Crippen LogP contribution in [0.4, 0.5) is 0 Å². The molecule has 0 amide bonds. The third-order valence-electron chi connectivity index (χ3n) is 6.11. The predicted molar refractivity (Wildman–Crippen MR) is 136 cm³/mol. The van der Waals surface area contributed by atoms with Crippen molar-refractivity contribution in [1.82, 2.24) is 4.90 Å². The Bertz CT molecular complexity index is 736. The van der Waals surface area contributed by atoms with Crippen LogP contribution in [-0.2, 0) is 14.9 Å². The summed E-state index contributed by atoms with van der Waals surface area (Å²) in [6, 6.07) is 0. The maximum absolute atomic E-state index is 12.9. The van der Waals surface area contributed by atoms with Crippen LogP contribution in [0.5, 0.6) is 0 Å². The lowest BCUT2D eigenvalue weighted by Crippen LogP contribution is -2.40.